The number of benzene rings is 1. The SMILES string of the molecule is O=C(CCCCc1ccc(Br)cc1)NCC1CC=CCC1. The summed E-state index contributed by atoms with van der Waals surface area (Å²) in [5.74, 6) is 0.849. The van der Waals surface area contributed by atoms with Crippen LogP contribution in [0.25, 0.3) is 0 Å². The van der Waals surface area contributed by atoms with Gasteiger partial charge in [-0.25, -0.2) is 0 Å². The van der Waals surface area contributed by atoms with Crippen LogP contribution < -0.4 is 5.32 Å². The molecule has 0 radical (unpaired) electrons. The smallest absolute Gasteiger partial charge is 0.220 e. The summed E-state index contributed by atoms with van der Waals surface area (Å²) in [4.78, 5) is 11.8. The molecule has 0 bridgehead atoms. The highest BCUT2D eigenvalue weighted by molar-refractivity contribution is 9.10. The Bertz CT molecular complexity index is 467. The van der Waals surface area contributed by atoms with Crippen molar-refractivity contribution in [3.05, 3.63) is 46.5 Å². The topological polar surface area (TPSA) is 29.1 Å². The normalized spacial score (nSPS) is 17.7. The van der Waals surface area contributed by atoms with E-state index in [0.29, 0.717) is 12.3 Å². The summed E-state index contributed by atoms with van der Waals surface area (Å²) in [5, 5.41) is 3.08. The Labute approximate surface area is 136 Å². The van der Waals surface area contributed by atoms with Crippen molar-refractivity contribution < 1.29 is 4.79 Å². The Hall–Kier alpha value is -1.09. The molecule has 1 amide bonds. The fourth-order valence-corrected chi connectivity index (χ4v) is 2.92. The van der Waals surface area contributed by atoms with Crippen LogP contribution >= 0.6 is 15.9 Å². The summed E-state index contributed by atoms with van der Waals surface area (Å²) in [6.07, 6.45) is 11.7. The van der Waals surface area contributed by atoms with Crippen molar-refractivity contribution >= 4 is 21.8 Å². The van der Waals surface area contributed by atoms with Crippen LogP contribution in [0.3, 0.4) is 0 Å². The molecule has 21 heavy (non-hydrogen) atoms. The highest BCUT2D eigenvalue weighted by Crippen LogP contribution is 2.17. The van der Waals surface area contributed by atoms with Gasteiger partial charge in [0.15, 0.2) is 0 Å². The molecule has 1 aromatic rings. The van der Waals surface area contributed by atoms with Crippen LogP contribution in [0.1, 0.15) is 44.1 Å². The average Bonchev–Trinajstić information content (AvgIpc) is 2.52. The van der Waals surface area contributed by atoms with Crippen molar-refractivity contribution in [2.75, 3.05) is 6.54 Å². The summed E-state index contributed by atoms with van der Waals surface area (Å²) < 4.78 is 1.11. The molecule has 3 heteroatoms. The van der Waals surface area contributed by atoms with E-state index in [2.05, 4.69) is 57.7 Å². The van der Waals surface area contributed by atoms with Crippen LogP contribution in [0.5, 0.6) is 0 Å². The molecule has 1 unspecified atom stereocenters. The number of hydrogen-bond donors (Lipinski definition) is 1. The first-order valence-electron chi connectivity index (χ1n) is 7.90. The first-order chi connectivity index (χ1) is 10.2. The number of nitrogens with one attached hydrogen (secondary N) is 1. The molecular weight excluding hydrogens is 326 g/mol. The highest BCUT2D eigenvalue weighted by atomic mass is 79.9. The van der Waals surface area contributed by atoms with E-state index < -0.39 is 0 Å². The summed E-state index contributed by atoms with van der Waals surface area (Å²) >= 11 is 3.44. The molecule has 2 nitrogen and oxygen atoms in total. The maximum atomic E-state index is 11.8. The lowest BCUT2D eigenvalue weighted by Crippen LogP contribution is -2.29. The van der Waals surface area contributed by atoms with Gasteiger partial charge >= 0.3 is 0 Å². The molecule has 0 heterocycles. The molecule has 2 rings (SSSR count). The molecule has 1 aromatic carbocycles. The van der Waals surface area contributed by atoms with Gasteiger partial charge in [-0.2, -0.15) is 0 Å². The Morgan fingerprint density at radius 1 is 1.19 bits per heavy atom. The van der Waals surface area contributed by atoms with Crippen LogP contribution in [0.2, 0.25) is 0 Å². The standard InChI is InChI=1S/C18H24BrNO/c19-17-12-10-15(11-13-17)6-4-5-9-18(21)20-14-16-7-2-1-3-8-16/h1-2,10-13,16H,3-9,14H2,(H,20,21). The maximum absolute atomic E-state index is 11.8. The fraction of sp³-hybridized carbons (Fsp3) is 0.500. The second-order valence-electron chi connectivity index (χ2n) is 5.79. The third kappa shape index (κ3) is 6.47. The minimum absolute atomic E-state index is 0.209. The number of halogens is 1. The van der Waals surface area contributed by atoms with E-state index in [0.717, 1.165) is 43.1 Å². The van der Waals surface area contributed by atoms with Gasteiger partial charge in [-0.1, -0.05) is 40.2 Å². The van der Waals surface area contributed by atoms with Crippen molar-refractivity contribution in [1.29, 1.82) is 0 Å². The van der Waals surface area contributed by atoms with E-state index >= 15 is 0 Å². The van der Waals surface area contributed by atoms with Crippen LogP contribution in [-0.4, -0.2) is 12.5 Å². The zero-order valence-electron chi connectivity index (χ0n) is 12.5. The van der Waals surface area contributed by atoms with Crippen molar-refractivity contribution in [2.24, 2.45) is 5.92 Å². The molecule has 1 aliphatic carbocycles. The lowest BCUT2D eigenvalue weighted by Gasteiger charge is -2.18. The third-order valence-corrected chi connectivity index (χ3v) is 4.53. The number of aryl methyl sites for hydroxylation is 1. The maximum Gasteiger partial charge on any atom is 0.220 e. The number of amides is 1. The predicted molar refractivity (Wildman–Crippen MR) is 91.2 cm³/mol. The minimum Gasteiger partial charge on any atom is -0.356 e. The number of carbonyl (C=O) groups excluding carboxylic acids is 1. The molecule has 114 valence electrons. The molecule has 1 atom stereocenters. The second kappa shape index (κ2) is 9.04. The molecular formula is C18H24BrNO. The Kier molecular flexibility index (Phi) is 7.01. The molecule has 1 N–H and O–H groups in total. The number of rotatable bonds is 7. The van der Waals surface area contributed by atoms with Crippen LogP contribution in [0, 0.1) is 5.92 Å². The lowest BCUT2D eigenvalue weighted by molar-refractivity contribution is -0.121. The average molecular weight is 350 g/mol. The Balaban J connectivity index is 1.54. The van der Waals surface area contributed by atoms with Gasteiger partial charge in [-0.05, 0) is 62.1 Å². The van der Waals surface area contributed by atoms with Gasteiger partial charge in [0.25, 0.3) is 0 Å². The van der Waals surface area contributed by atoms with Crippen molar-refractivity contribution in [3.8, 4) is 0 Å². The molecule has 0 aromatic heterocycles. The van der Waals surface area contributed by atoms with Crippen LogP contribution in [0.15, 0.2) is 40.9 Å². The molecule has 0 aliphatic heterocycles. The summed E-state index contributed by atoms with van der Waals surface area (Å²) in [6.45, 7) is 0.843. The number of carbonyl (C=O) groups is 1. The predicted octanol–water partition coefficient (Wildman–Crippen LogP) is 4.63. The zero-order valence-corrected chi connectivity index (χ0v) is 14.1. The van der Waals surface area contributed by atoms with E-state index in [9.17, 15) is 4.79 Å². The van der Waals surface area contributed by atoms with Crippen LogP contribution in [0.4, 0.5) is 0 Å². The monoisotopic (exact) mass is 349 g/mol. The number of hydrogen-bond acceptors (Lipinski definition) is 1. The van der Waals surface area contributed by atoms with E-state index in [1.54, 1.807) is 0 Å². The molecule has 1 aliphatic rings. The van der Waals surface area contributed by atoms with Gasteiger partial charge in [0.1, 0.15) is 0 Å². The van der Waals surface area contributed by atoms with Crippen molar-refractivity contribution in [2.45, 2.75) is 44.9 Å². The summed E-state index contributed by atoms with van der Waals surface area (Å²) in [7, 11) is 0. The lowest BCUT2D eigenvalue weighted by atomic mass is 9.94. The number of unbranched alkanes of at least 4 members (excludes halogenated alkanes) is 1. The number of allylic oxidation sites excluding steroid dienone is 2. The van der Waals surface area contributed by atoms with E-state index in [4.69, 9.17) is 0 Å². The molecule has 0 saturated heterocycles. The van der Waals surface area contributed by atoms with Gasteiger partial charge in [-0.15, -0.1) is 0 Å². The zero-order chi connectivity index (χ0) is 14.9. The fourth-order valence-electron chi connectivity index (χ4n) is 2.65. The Morgan fingerprint density at radius 2 is 2.00 bits per heavy atom. The van der Waals surface area contributed by atoms with E-state index in [1.165, 1.54) is 12.0 Å². The first kappa shape index (κ1) is 16.3. The van der Waals surface area contributed by atoms with Gasteiger partial charge in [0.05, 0.1) is 0 Å². The minimum atomic E-state index is 0.209. The third-order valence-electron chi connectivity index (χ3n) is 4.00. The van der Waals surface area contributed by atoms with Crippen LogP contribution in [-0.2, 0) is 11.2 Å². The van der Waals surface area contributed by atoms with Gasteiger partial charge < -0.3 is 5.32 Å². The molecule has 0 spiro atoms. The quantitative estimate of drug-likeness (QED) is 0.564. The van der Waals surface area contributed by atoms with Gasteiger partial charge in [0.2, 0.25) is 5.91 Å². The summed E-state index contributed by atoms with van der Waals surface area (Å²) in [5.41, 5.74) is 1.34. The molecule has 0 saturated carbocycles. The largest absolute Gasteiger partial charge is 0.356 e. The van der Waals surface area contributed by atoms with Crippen molar-refractivity contribution in [3.63, 3.8) is 0 Å². The molecule has 0 fully saturated rings. The van der Waals surface area contributed by atoms with E-state index in [-0.39, 0.29) is 5.91 Å². The van der Waals surface area contributed by atoms with Gasteiger partial charge in [0, 0.05) is 17.4 Å². The highest BCUT2D eigenvalue weighted by Gasteiger charge is 2.10. The Morgan fingerprint density at radius 3 is 2.71 bits per heavy atom. The first-order valence-corrected chi connectivity index (χ1v) is 8.69. The second-order valence-corrected chi connectivity index (χ2v) is 6.70. The van der Waals surface area contributed by atoms with Gasteiger partial charge in [-0.3, -0.25) is 4.79 Å². The van der Waals surface area contributed by atoms with E-state index in [1.807, 2.05) is 0 Å². The van der Waals surface area contributed by atoms with Crippen molar-refractivity contribution in [1.82, 2.24) is 5.32 Å². The summed E-state index contributed by atoms with van der Waals surface area (Å²) in [6, 6.07) is 8.42.